The number of halogens is 1. The summed E-state index contributed by atoms with van der Waals surface area (Å²) in [6.07, 6.45) is -0.640. The van der Waals surface area contributed by atoms with Crippen molar-refractivity contribution >= 4 is 22.9 Å². The van der Waals surface area contributed by atoms with Gasteiger partial charge in [-0.3, -0.25) is 4.79 Å². The highest BCUT2D eigenvalue weighted by Crippen LogP contribution is 2.29. The number of hydrogen-bond donors (Lipinski definition) is 1. The maximum absolute atomic E-state index is 15.4. The van der Waals surface area contributed by atoms with Crippen LogP contribution in [0.5, 0.6) is 0 Å². The number of anilines is 1. The highest BCUT2D eigenvalue weighted by atomic mass is 19.1. The number of hydrogen-bond acceptors (Lipinski definition) is 5. The third kappa shape index (κ3) is 4.76. The van der Waals surface area contributed by atoms with Crippen molar-refractivity contribution in [2.45, 2.75) is 31.8 Å². The average Bonchev–Trinajstić information content (AvgIpc) is 3.12. The summed E-state index contributed by atoms with van der Waals surface area (Å²) in [4.78, 5) is 18.8. The first kappa shape index (κ1) is 22.2. The second-order valence-corrected chi connectivity index (χ2v) is 8.42. The van der Waals surface area contributed by atoms with E-state index in [4.69, 9.17) is 9.47 Å². The molecular weight excluding hydrogens is 411 g/mol. The fraction of sp³-hybridized carbons (Fsp3) is 0.417. The fourth-order valence-corrected chi connectivity index (χ4v) is 3.92. The van der Waals surface area contributed by atoms with Crippen molar-refractivity contribution in [2.24, 2.45) is 0 Å². The second kappa shape index (κ2) is 9.26. The number of carbonyl (C=O) groups is 1. The smallest absolute Gasteiger partial charge is 0.256 e. The molecule has 1 amide bonds. The van der Waals surface area contributed by atoms with E-state index in [0.717, 1.165) is 16.6 Å². The molecule has 1 aromatic heterocycles. The Labute approximate surface area is 187 Å². The van der Waals surface area contributed by atoms with Crippen LogP contribution in [0.4, 0.5) is 10.3 Å². The largest absolute Gasteiger partial charge is 0.373 e. The molecule has 1 aliphatic heterocycles. The van der Waals surface area contributed by atoms with Gasteiger partial charge in [0.2, 0.25) is 5.95 Å². The Hall–Kier alpha value is -2.97. The molecule has 0 saturated carbocycles. The molecule has 0 aliphatic carbocycles. The molecule has 170 valence electrons. The quantitative estimate of drug-likeness (QED) is 0.580. The van der Waals surface area contributed by atoms with E-state index in [1.165, 1.54) is 6.92 Å². The number of benzene rings is 2. The van der Waals surface area contributed by atoms with Crippen molar-refractivity contribution in [3.05, 3.63) is 59.7 Å². The molecule has 0 spiro atoms. The minimum Gasteiger partial charge on any atom is -0.373 e. The molecule has 4 rings (SSSR count). The van der Waals surface area contributed by atoms with E-state index in [9.17, 15) is 4.79 Å². The zero-order valence-corrected chi connectivity index (χ0v) is 18.7. The SMILES string of the molecule is CNc1nc2cc(C3OCCN(C)C3=O)ccc2n1CC(C)(F)COCc1ccccc1. The van der Waals surface area contributed by atoms with Crippen molar-refractivity contribution in [1.29, 1.82) is 0 Å². The van der Waals surface area contributed by atoms with Crippen molar-refractivity contribution in [3.63, 3.8) is 0 Å². The van der Waals surface area contributed by atoms with Gasteiger partial charge in [0, 0.05) is 20.6 Å². The van der Waals surface area contributed by atoms with Gasteiger partial charge in [0.25, 0.3) is 5.91 Å². The van der Waals surface area contributed by atoms with Crippen LogP contribution in [-0.2, 0) is 27.4 Å². The van der Waals surface area contributed by atoms with Gasteiger partial charge in [-0.05, 0) is 30.2 Å². The first-order chi connectivity index (χ1) is 15.4. The van der Waals surface area contributed by atoms with Gasteiger partial charge in [-0.2, -0.15) is 0 Å². The van der Waals surface area contributed by atoms with E-state index in [0.29, 0.717) is 31.2 Å². The third-order valence-electron chi connectivity index (χ3n) is 5.61. The standard InChI is InChI=1S/C24H29FN4O3/c1-24(25,16-31-14-17-7-5-4-6-8-17)15-29-20-10-9-18(13-19(20)27-23(29)26-2)21-22(30)28(3)11-12-32-21/h4-10,13,21H,11-12,14-16H2,1-3H3,(H,26,27). The Kier molecular flexibility index (Phi) is 6.43. The number of likely N-dealkylation sites (N-methyl/N-ethyl adjacent to an activating group) is 1. The predicted octanol–water partition coefficient (Wildman–Crippen LogP) is 3.55. The van der Waals surface area contributed by atoms with Gasteiger partial charge in [0.15, 0.2) is 6.10 Å². The summed E-state index contributed by atoms with van der Waals surface area (Å²) in [5, 5.41) is 3.04. The summed E-state index contributed by atoms with van der Waals surface area (Å²) in [5.41, 5.74) is 1.61. The predicted molar refractivity (Wildman–Crippen MR) is 121 cm³/mol. The lowest BCUT2D eigenvalue weighted by Gasteiger charge is -2.29. The number of amides is 1. The lowest BCUT2D eigenvalue weighted by molar-refractivity contribution is -0.151. The van der Waals surface area contributed by atoms with E-state index in [1.807, 2.05) is 48.5 Å². The van der Waals surface area contributed by atoms with E-state index in [2.05, 4.69) is 10.3 Å². The normalized spacial score (nSPS) is 18.7. The van der Waals surface area contributed by atoms with Crippen LogP contribution in [0.25, 0.3) is 11.0 Å². The molecule has 1 aliphatic rings. The molecule has 7 nitrogen and oxygen atoms in total. The number of fused-ring (bicyclic) bond motifs is 1. The number of nitrogens with one attached hydrogen (secondary N) is 1. The highest BCUT2D eigenvalue weighted by Gasteiger charge is 2.30. The minimum atomic E-state index is -1.60. The molecule has 0 radical (unpaired) electrons. The van der Waals surface area contributed by atoms with Crippen LogP contribution in [-0.4, -0.2) is 59.9 Å². The Bertz CT molecular complexity index is 1080. The van der Waals surface area contributed by atoms with Gasteiger partial charge >= 0.3 is 0 Å². The molecule has 2 unspecified atom stereocenters. The van der Waals surface area contributed by atoms with E-state index in [-0.39, 0.29) is 19.1 Å². The van der Waals surface area contributed by atoms with Crippen molar-refractivity contribution in [3.8, 4) is 0 Å². The molecule has 8 heteroatoms. The molecule has 2 aromatic carbocycles. The Balaban J connectivity index is 1.52. The van der Waals surface area contributed by atoms with Gasteiger partial charge in [-0.25, -0.2) is 9.37 Å². The van der Waals surface area contributed by atoms with E-state index in [1.54, 1.807) is 23.6 Å². The number of carbonyl (C=O) groups excluding carboxylic acids is 1. The van der Waals surface area contributed by atoms with Gasteiger partial charge in [-0.1, -0.05) is 36.4 Å². The van der Waals surface area contributed by atoms with Crippen LogP contribution in [0, 0.1) is 0 Å². The summed E-state index contributed by atoms with van der Waals surface area (Å²) in [5.74, 6) is 0.480. The summed E-state index contributed by atoms with van der Waals surface area (Å²) in [6.45, 7) is 3.00. The first-order valence-electron chi connectivity index (χ1n) is 10.7. The van der Waals surface area contributed by atoms with Crippen LogP contribution in [0.2, 0.25) is 0 Å². The van der Waals surface area contributed by atoms with E-state index < -0.39 is 11.8 Å². The van der Waals surface area contributed by atoms with Crippen LogP contribution in [0.15, 0.2) is 48.5 Å². The van der Waals surface area contributed by atoms with Crippen molar-refractivity contribution < 1.29 is 18.7 Å². The number of rotatable bonds is 8. The lowest BCUT2D eigenvalue weighted by atomic mass is 10.1. The maximum Gasteiger partial charge on any atom is 0.256 e. The van der Waals surface area contributed by atoms with Gasteiger partial charge < -0.3 is 24.3 Å². The van der Waals surface area contributed by atoms with Crippen molar-refractivity contribution in [1.82, 2.24) is 14.5 Å². The number of aromatic nitrogens is 2. The third-order valence-corrected chi connectivity index (χ3v) is 5.61. The second-order valence-electron chi connectivity index (χ2n) is 8.42. The molecule has 32 heavy (non-hydrogen) atoms. The summed E-state index contributed by atoms with van der Waals surface area (Å²) >= 11 is 0. The van der Waals surface area contributed by atoms with Crippen LogP contribution >= 0.6 is 0 Å². The molecule has 1 N–H and O–H groups in total. The van der Waals surface area contributed by atoms with Gasteiger partial charge in [0.1, 0.15) is 5.67 Å². The number of morpholine rings is 1. The Morgan fingerprint density at radius 2 is 2.06 bits per heavy atom. The van der Waals surface area contributed by atoms with Crippen LogP contribution in [0.3, 0.4) is 0 Å². The molecule has 1 fully saturated rings. The maximum atomic E-state index is 15.4. The monoisotopic (exact) mass is 440 g/mol. The number of imidazole rings is 1. The lowest BCUT2D eigenvalue weighted by Crippen LogP contribution is -2.40. The first-order valence-corrected chi connectivity index (χ1v) is 10.7. The number of nitrogens with zero attached hydrogens (tertiary/aromatic N) is 3. The van der Waals surface area contributed by atoms with Gasteiger partial charge in [0.05, 0.1) is 37.4 Å². The summed E-state index contributed by atoms with van der Waals surface area (Å²) in [6, 6.07) is 15.3. The number of alkyl halides is 1. The van der Waals surface area contributed by atoms with E-state index >= 15 is 4.39 Å². The molecule has 2 atom stereocenters. The molecular formula is C24H29FN4O3. The Morgan fingerprint density at radius 3 is 2.81 bits per heavy atom. The topological polar surface area (TPSA) is 68.6 Å². The zero-order chi connectivity index (χ0) is 22.7. The molecule has 1 saturated heterocycles. The highest BCUT2D eigenvalue weighted by molar-refractivity contribution is 5.85. The minimum absolute atomic E-state index is 0.0421. The summed E-state index contributed by atoms with van der Waals surface area (Å²) < 4.78 is 28.6. The molecule has 2 heterocycles. The molecule has 0 bridgehead atoms. The van der Waals surface area contributed by atoms with Crippen molar-refractivity contribution in [2.75, 3.05) is 39.2 Å². The number of ether oxygens (including phenoxy) is 2. The van der Waals surface area contributed by atoms with Crippen LogP contribution < -0.4 is 5.32 Å². The molecule has 3 aromatic rings. The average molecular weight is 441 g/mol. The fourth-order valence-electron chi connectivity index (χ4n) is 3.92. The van der Waals surface area contributed by atoms with Crippen LogP contribution in [0.1, 0.15) is 24.2 Å². The van der Waals surface area contributed by atoms with Gasteiger partial charge in [-0.15, -0.1) is 0 Å². The Morgan fingerprint density at radius 1 is 1.28 bits per heavy atom. The summed E-state index contributed by atoms with van der Waals surface area (Å²) in [7, 11) is 3.52. The zero-order valence-electron chi connectivity index (χ0n) is 18.7.